The molecule has 166 valence electrons. The number of ether oxygens (including phenoxy) is 1. The molecule has 1 aliphatic rings. The summed E-state index contributed by atoms with van der Waals surface area (Å²) >= 11 is 1.57. The number of benzene rings is 2. The van der Waals surface area contributed by atoms with Crippen LogP contribution >= 0.6 is 11.3 Å². The molecule has 2 aromatic carbocycles. The average Bonchev–Trinajstić information content (AvgIpc) is 2.96. The normalized spacial score (nSPS) is 13.2. The van der Waals surface area contributed by atoms with E-state index in [4.69, 9.17) is 10.5 Å². The lowest BCUT2D eigenvalue weighted by Gasteiger charge is -2.09. The third kappa shape index (κ3) is 5.02. The van der Waals surface area contributed by atoms with Crippen molar-refractivity contribution in [1.82, 2.24) is 0 Å². The molecule has 32 heavy (non-hydrogen) atoms. The molecule has 0 spiro atoms. The van der Waals surface area contributed by atoms with Crippen LogP contribution in [0.1, 0.15) is 61.5 Å². The van der Waals surface area contributed by atoms with Crippen molar-refractivity contribution in [2.24, 2.45) is 0 Å². The molecule has 0 fully saturated rings. The molecular formula is C26H28N2O3S. The van der Waals surface area contributed by atoms with Crippen molar-refractivity contribution < 1.29 is 14.3 Å². The number of hydrogen-bond donors (Lipinski definition) is 2. The molecule has 0 saturated heterocycles. The monoisotopic (exact) mass is 448 g/mol. The number of aryl methyl sites for hydroxylation is 3. The molecule has 0 unspecified atom stereocenters. The molecule has 0 atom stereocenters. The van der Waals surface area contributed by atoms with E-state index in [9.17, 15) is 9.59 Å². The summed E-state index contributed by atoms with van der Waals surface area (Å²) in [5.74, 6) is -0.435. The van der Waals surface area contributed by atoms with Crippen molar-refractivity contribution in [2.45, 2.75) is 44.9 Å². The van der Waals surface area contributed by atoms with Gasteiger partial charge in [-0.25, -0.2) is 4.79 Å². The first-order valence-corrected chi connectivity index (χ1v) is 11.8. The van der Waals surface area contributed by atoms with Crippen LogP contribution in [0.4, 0.5) is 10.7 Å². The van der Waals surface area contributed by atoms with Crippen molar-refractivity contribution in [2.75, 3.05) is 18.2 Å². The standard InChI is InChI=1S/C26H28N2O3S/c1-31-26(30)19-13-9-17(10-14-19)7-8-18-11-15-20(16-12-18)28-25(29)23-21-5-3-2-4-6-22(21)32-24(23)27/h9-16H,2-8,27H2,1H3,(H,28,29). The highest BCUT2D eigenvalue weighted by Gasteiger charge is 2.23. The van der Waals surface area contributed by atoms with Crippen LogP contribution in [0.3, 0.4) is 0 Å². The number of anilines is 2. The first-order chi connectivity index (χ1) is 15.5. The van der Waals surface area contributed by atoms with Gasteiger partial charge in [0.25, 0.3) is 5.91 Å². The highest BCUT2D eigenvalue weighted by Crippen LogP contribution is 2.36. The van der Waals surface area contributed by atoms with E-state index in [0.29, 0.717) is 16.1 Å². The lowest BCUT2D eigenvalue weighted by Crippen LogP contribution is -2.15. The molecule has 5 nitrogen and oxygen atoms in total. The highest BCUT2D eigenvalue weighted by atomic mass is 32.1. The Bertz CT molecular complexity index is 1100. The van der Waals surface area contributed by atoms with Gasteiger partial charge in [-0.15, -0.1) is 11.3 Å². The predicted octanol–water partition coefficient (Wildman–Crippen LogP) is 5.42. The number of nitrogens with one attached hydrogen (secondary N) is 1. The summed E-state index contributed by atoms with van der Waals surface area (Å²) in [5.41, 5.74) is 11.7. The zero-order valence-electron chi connectivity index (χ0n) is 18.3. The third-order valence-electron chi connectivity index (χ3n) is 5.96. The van der Waals surface area contributed by atoms with E-state index < -0.39 is 0 Å². The summed E-state index contributed by atoms with van der Waals surface area (Å²) in [7, 11) is 1.38. The topological polar surface area (TPSA) is 81.4 Å². The number of rotatable bonds is 6. The smallest absolute Gasteiger partial charge is 0.337 e. The van der Waals surface area contributed by atoms with E-state index in [-0.39, 0.29) is 11.9 Å². The maximum atomic E-state index is 13.0. The van der Waals surface area contributed by atoms with Crippen LogP contribution < -0.4 is 11.1 Å². The quantitative estimate of drug-likeness (QED) is 0.389. The SMILES string of the molecule is COC(=O)c1ccc(CCc2ccc(NC(=O)c3c(N)sc4c3CCCCC4)cc2)cc1. The maximum absolute atomic E-state index is 13.0. The van der Waals surface area contributed by atoms with Crippen LogP contribution in [0.5, 0.6) is 0 Å². The summed E-state index contributed by atoms with van der Waals surface area (Å²) in [5, 5.41) is 3.65. The fraction of sp³-hybridized carbons (Fsp3) is 0.308. The molecule has 1 heterocycles. The molecule has 1 amide bonds. The van der Waals surface area contributed by atoms with Gasteiger partial charge in [0.1, 0.15) is 0 Å². The minimum Gasteiger partial charge on any atom is -0.465 e. The van der Waals surface area contributed by atoms with Gasteiger partial charge >= 0.3 is 5.97 Å². The second kappa shape index (κ2) is 10.0. The second-order valence-electron chi connectivity index (χ2n) is 8.14. The fourth-order valence-corrected chi connectivity index (χ4v) is 5.33. The number of thiophene rings is 1. The molecule has 0 bridgehead atoms. The Balaban J connectivity index is 1.36. The summed E-state index contributed by atoms with van der Waals surface area (Å²) in [6, 6.07) is 15.4. The number of nitrogen functional groups attached to an aromatic ring is 1. The van der Waals surface area contributed by atoms with E-state index in [1.54, 1.807) is 23.5 Å². The Morgan fingerprint density at radius 3 is 2.22 bits per heavy atom. The summed E-state index contributed by atoms with van der Waals surface area (Å²) in [4.78, 5) is 25.8. The van der Waals surface area contributed by atoms with Crippen LogP contribution in [0, 0.1) is 0 Å². The number of amides is 1. The molecule has 6 heteroatoms. The van der Waals surface area contributed by atoms with Crippen LogP contribution in [0.15, 0.2) is 48.5 Å². The highest BCUT2D eigenvalue weighted by molar-refractivity contribution is 7.16. The van der Waals surface area contributed by atoms with Gasteiger partial charge in [0.05, 0.1) is 23.2 Å². The lowest BCUT2D eigenvalue weighted by molar-refractivity contribution is 0.0600. The minimum atomic E-state index is -0.325. The Kier molecular flexibility index (Phi) is 6.90. The van der Waals surface area contributed by atoms with Gasteiger partial charge in [-0.2, -0.15) is 0 Å². The first kappa shape index (κ1) is 22.1. The lowest BCUT2D eigenvalue weighted by atomic mass is 10.0. The van der Waals surface area contributed by atoms with E-state index >= 15 is 0 Å². The van der Waals surface area contributed by atoms with Crippen LogP contribution in [0.25, 0.3) is 0 Å². The molecule has 1 aromatic heterocycles. The van der Waals surface area contributed by atoms with Crippen molar-refractivity contribution in [3.8, 4) is 0 Å². The van der Waals surface area contributed by atoms with Crippen molar-refractivity contribution in [3.05, 3.63) is 81.2 Å². The van der Waals surface area contributed by atoms with Gasteiger partial charge in [-0.1, -0.05) is 30.7 Å². The van der Waals surface area contributed by atoms with Gasteiger partial charge < -0.3 is 15.8 Å². The predicted molar refractivity (Wildman–Crippen MR) is 130 cm³/mol. The third-order valence-corrected chi connectivity index (χ3v) is 7.09. The number of methoxy groups -OCH3 is 1. The van der Waals surface area contributed by atoms with E-state index in [2.05, 4.69) is 5.32 Å². The molecule has 4 rings (SSSR count). The molecule has 1 aliphatic carbocycles. The van der Waals surface area contributed by atoms with Gasteiger partial charge in [0.15, 0.2) is 0 Å². The molecule has 3 aromatic rings. The first-order valence-electron chi connectivity index (χ1n) is 11.0. The molecular weight excluding hydrogens is 420 g/mol. The average molecular weight is 449 g/mol. The van der Waals surface area contributed by atoms with E-state index in [1.807, 2.05) is 36.4 Å². The maximum Gasteiger partial charge on any atom is 0.337 e. The Labute approximate surface area is 192 Å². The van der Waals surface area contributed by atoms with Crippen LogP contribution in [-0.2, 0) is 30.4 Å². The zero-order chi connectivity index (χ0) is 22.5. The molecule has 0 aliphatic heterocycles. The molecule has 3 N–H and O–H groups in total. The number of nitrogens with two attached hydrogens (primary N) is 1. The van der Waals surface area contributed by atoms with E-state index in [0.717, 1.165) is 48.9 Å². The Morgan fingerprint density at radius 2 is 1.56 bits per heavy atom. The Hall–Kier alpha value is -3.12. The van der Waals surface area contributed by atoms with E-state index in [1.165, 1.54) is 30.4 Å². The van der Waals surface area contributed by atoms with Crippen molar-refractivity contribution in [3.63, 3.8) is 0 Å². The van der Waals surface area contributed by atoms with Crippen LogP contribution in [0.2, 0.25) is 0 Å². The van der Waals surface area contributed by atoms with Crippen molar-refractivity contribution >= 4 is 33.9 Å². The summed E-state index contributed by atoms with van der Waals surface area (Å²) < 4.78 is 4.73. The van der Waals surface area contributed by atoms with Crippen molar-refractivity contribution in [1.29, 1.82) is 0 Å². The largest absolute Gasteiger partial charge is 0.465 e. The zero-order valence-corrected chi connectivity index (χ0v) is 19.1. The summed E-state index contributed by atoms with van der Waals surface area (Å²) in [6.07, 6.45) is 7.19. The number of carbonyl (C=O) groups excluding carboxylic acids is 2. The number of hydrogen-bond acceptors (Lipinski definition) is 5. The number of esters is 1. The van der Waals surface area contributed by atoms with Crippen LogP contribution in [-0.4, -0.2) is 19.0 Å². The Morgan fingerprint density at radius 1 is 0.938 bits per heavy atom. The minimum absolute atomic E-state index is 0.111. The van der Waals surface area contributed by atoms with Gasteiger partial charge in [-0.05, 0) is 79.5 Å². The van der Waals surface area contributed by atoms with Gasteiger partial charge in [-0.3, -0.25) is 4.79 Å². The number of carbonyl (C=O) groups is 2. The van der Waals surface area contributed by atoms with Gasteiger partial charge in [0, 0.05) is 10.6 Å². The number of fused-ring (bicyclic) bond motifs is 1. The summed E-state index contributed by atoms with van der Waals surface area (Å²) in [6.45, 7) is 0. The fourth-order valence-electron chi connectivity index (χ4n) is 4.18. The second-order valence-corrected chi connectivity index (χ2v) is 9.28. The molecule has 0 radical (unpaired) electrons. The molecule has 0 saturated carbocycles. The van der Waals surface area contributed by atoms with Gasteiger partial charge in [0.2, 0.25) is 0 Å².